The Kier molecular flexibility index (Phi) is 7.49. The summed E-state index contributed by atoms with van der Waals surface area (Å²) in [4.78, 5) is 15.7. The van der Waals surface area contributed by atoms with Crippen LogP contribution in [-0.2, 0) is 5.41 Å². The van der Waals surface area contributed by atoms with Gasteiger partial charge in [0.1, 0.15) is 11.2 Å². The zero-order chi connectivity index (χ0) is 40.8. The normalized spacial score (nSPS) is 13.0. The van der Waals surface area contributed by atoms with Gasteiger partial charge in [-0.25, -0.2) is 15.0 Å². The van der Waals surface area contributed by atoms with Crippen molar-refractivity contribution in [2.24, 2.45) is 0 Å². The third-order valence-corrected chi connectivity index (χ3v) is 13.0. The molecule has 4 nitrogen and oxygen atoms in total. The predicted molar refractivity (Wildman–Crippen MR) is 251 cm³/mol. The highest BCUT2D eigenvalue weighted by Gasteiger charge is 2.49. The third-order valence-electron chi connectivity index (χ3n) is 13.0. The summed E-state index contributed by atoms with van der Waals surface area (Å²) in [5.41, 5.74) is 18.5. The van der Waals surface area contributed by atoms with Crippen molar-refractivity contribution in [3.63, 3.8) is 0 Å². The first-order chi connectivity index (χ1) is 30.7. The van der Waals surface area contributed by atoms with Crippen molar-refractivity contribution < 1.29 is 4.42 Å². The summed E-state index contributed by atoms with van der Waals surface area (Å²) in [5.74, 6) is 1.79. The summed E-state index contributed by atoms with van der Waals surface area (Å²) in [6.07, 6.45) is 0. The number of aromatic nitrogens is 3. The van der Waals surface area contributed by atoms with Crippen LogP contribution in [0.2, 0.25) is 0 Å². The van der Waals surface area contributed by atoms with Crippen LogP contribution in [-0.4, -0.2) is 15.0 Å². The number of benzene rings is 9. The molecule has 9 aromatic carbocycles. The Hall–Kier alpha value is -8.21. The molecule has 288 valence electrons. The summed E-state index contributed by atoms with van der Waals surface area (Å²) in [6, 6.07) is 75.9. The fourth-order valence-corrected chi connectivity index (χ4v) is 10.3. The van der Waals surface area contributed by atoms with Crippen molar-refractivity contribution in [1.29, 1.82) is 0 Å². The maximum absolute atomic E-state index is 6.36. The standard InChI is InChI=1S/C58H35N3O/c1-2-15-36(16-3-1)37-17-14-18-38(33-37)55-59-56(61-57(60-55)40-29-31-47-46-24-9-13-28-53(46)62-54(47)35-40)39-30-32-52-48(34-39)45-23-8-12-27-51(45)58(52)49-25-10-6-21-43(49)41-19-4-5-20-42(41)44-22-7-11-26-50(44)58/h1-35H. The van der Waals surface area contributed by atoms with Crippen LogP contribution >= 0.6 is 0 Å². The average Bonchev–Trinajstić information content (AvgIpc) is 3.84. The van der Waals surface area contributed by atoms with Crippen LogP contribution in [0.1, 0.15) is 22.3 Å². The van der Waals surface area contributed by atoms with E-state index in [-0.39, 0.29) is 0 Å². The number of furan rings is 1. The van der Waals surface area contributed by atoms with Gasteiger partial charge in [0.05, 0.1) is 5.41 Å². The highest BCUT2D eigenvalue weighted by atomic mass is 16.3. The van der Waals surface area contributed by atoms with Gasteiger partial charge < -0.3 is 4.42 Å². The Labute approximate surface area is 358 Å². The van der Waals surface area contributed by atoms with Gasteiger partial charge in [0.15, 0.2) is 17.5 Å². The molecule has 0 saturated heterocycles. The molecular formula is C58H35N3O. The van der Waals surface area contributed by atoms with E-state index >= 15 is 0 Å². The van der Waals surface area contributed by atoms with Crippen LogP contribution in [0.15, 0.2) is 217 Å². The zero-order valence-electron chi connectivity index (χ0n) is 33.5. The lowest BCUT2D eigenvalue weighted by molar-refractivity contribution is 0.669. The summed E-state index contributed by atoms with van der Waals surface area (Å²) in [5, 5.41) is 2.15. The fourth-order valence-electron chi connectivity index (χ4n) is 10.3. The second-order valence-electron chi connectivity index (χ2n) is 16.3. The summed E-state index contributed by atoms with van der Waals surface area (Å²) in [7, 11) is 0. The van der Waals surface area contributed by atoms with Gasteiger partial charge in [0.2, 0.25) is 0 Å². The monoisotopic (exact) mass is 789 g/mol. The van der Waals surface area contributed by atoms with Crippen molar-refractivity contribution in [3.8, 4) is 78.7 Å². The molecule has 0 atom stereocenters. The van der Waals surface area contributed by atoms with Crippen molar-refractivity contribution in [2.75, 3.05) is 0 Å². The Morgan fingerprint density at radius 2 is 0.726 bits per heavy atom. The second-order valence-corrected chi connectivity index (χ2v) is 16.3. The van der Waals surface area contributed by atoms with E-state index in [1.807, 2.05) is 24.3 Å². The van der Waals surface area contributed by atoms with E-state index in [1.165, 1.54) is 55.6 Å². The molecule has 1 spiro atoms. The maximum atomic E-state index is 6.36. The van der Waals surface area contributed by atoms with Crippen LogP contribution in [0.4, 0.5) is 0 Å². The first kappa shape index (κ1) is 34.6. The minimum absolute atomic E-state index is 0.564. The van der Waals surface area contributed by atoms with Gasteiger partial charge in [-0.1, -0.05) is 182 Å². The predicted octanol–water partition coefficient (Wildman–Crippen LogP) is 14.4. The van der Waals surface area contributed by atoms with Gasteiger partial charge >= 0.3 is 0 Å². The van der Waals surface area contributed by atoms with Crippen LogP contribution in [0.25, 0.3) is 101 Å². The molecule has 0 bridgehead atoms. The smallest absolute Gasteiger partial charge is 0.164 e. The Morgan fingerprint density at radius 1 is 0.274 bits per heavy atom. The van der Waals surface area contributed by atoms with E-state index in [0.717, 1.165) is 49.8 Å². The van der Waals surface area contributed by atoms with Crippen molar-refractivity contribution in [1.82, 2.24) is 15.0 Å². The SMILES string of the molecule is c1ccc(-c2cccc(-c3nc(-c4ccc5c(c4)-c4ccccc4C54c5ccccc5-c5ccccc5-c5ccccc54)nc(-c4ccc5c(c4)oc4ccccc45)n3)c2)cc1. The topological polar surface area (TPSA) is 51.8 Å². The van der Waals surface area contributed by atoms with Crippen molar-refractivity contribution in [2.45, 2.75) is 5.41 Å². The van der Waals surface area contributed by atoms with Gasteiger partial charge in [-0.15, -0.1) is 0 Å². The van der Waals surface area contributed by atoms with E-state index in [4.69, 9.17) is 19.4 Å². The molecule has 0 amide bonds. The molecule has 2 heterocycles. The van der Waals surface area contributed by atoms with Crippen LogP contribution in [0.3, 0.4) is 0 Å². The second kappa shape index (κ2) is 13.4. The minimum Gasteiger partial charge on any atom is -0.456 e. The van der Waals surface area contributed by atoms with Gasteiger partial charge in [0.25, 0.3) is 0 Å². The molecule has 0 N–H and O–H groups in total. The molecular weight excluding hydrogens is 755 g/mol. The summed E-state index contributed by atoms with van der Waals surface area (Å²) >= 11 is 0. The molecule has 2 aliphatic rings. The molecule has 2 aliphatic carbocycles. The van der Waals surface area contributed by atoms with E-state index in [1.54, 1.807) is 0 Å². The molecule has 2 aromatic heterocycles. The third kappa shape index (κ3) is 5.04. The lowest BCUT2D eigenvalue weighted by Crippen LogP contribution is -2.29. The molecule has 0 fully saturated rings. The fraction of sp³-hybridized carbons (Fsp3) is 0.0172. The lowest BCUT2D eigenvalue weighted by atomic mass is 9.66. The molecule has 13 rings (SSSR count). The van der Waals surface area contributed by atoms with E-state index in [0.29, 0.717) is 17.5 Å². The van der Waals surface area contributed by atoms with Gasteiger partial charge in [-0.05, 0) is 97.1 Å². The van der Waals surface area contributed by atoms with Crippen LogP contribution in [0, 0.1) is 0 Å². The Balaban J connectivity index is 1.04. The maximum Gasteiger partial charge on any atom is 0.164 e. The first-order valence-electron chi connectivity index (χ1n) is 21.1. The quantitative estimate of drug-likeness (QED) is 0.178. The molecule has 0 unspecified atom stereocenters. The highest BCUT2D eigenvalue weighted by Crippen LogP contribution is 2.61. The number of hydrogen-bond acceptors (Lipinski definition) is 4. The van der Waals surface area contributed by atoms with Gasteiger partial charge in [-0.2, -0.15) is 0 Å². The number of nitrogens with zero attached hydrogens (tertiary/aromatic N) is 3. The molecule has 0 aliphatic heterocycles. The minimum atomic E-state index is -0.564. The molecule has 62 heavy (non-hydrogen) atoms. The number of para-hydroxylation sites is 1. The van der Waals surface area contributed by atoms with E-state index in [2.05, 4.69) is 188 Å². The van der Waals surface area contributed by atoms with Crippen LogP contribution in [0.5, 0.6) is 0 Å². The highest BCUT2D eigenvalue weighted by molar-refractivity contribution is 6.06. The Morgan fingerprint density at radius 3 is 1.39 bits per heavy atom. The zero-order valence-corrected chi connectivity index (χ0v) is 33.5. The van der Waals surface area contributed by atoms with E-state index < -0.39 is 5.41 Å². The summed E-state index contributed by atoms with van der Waals surface area (Å²) in [6.45, 7) is 0. The average molecular weight is 790 g/mol. The first-order valence-corrected chi connectivity index (χ1v) is 21.1. The van der Waals surface area contributed by atoms with Gasteiger partial charge in [0, 0.05) is 27.5 Å². The lowest BCUT2D eigenvalue weighted by Gasteiger charge is -2.35. The van der Waals surface area contributed by atoms with E-state index in [9.17, 15) is 0 Å². The van der Waals surface area contributed by atoms with Crippen LogP contribution < -0.4 is 0 Å². The largest absolute Gasteiger partial charge is 0.456 e. The van der Waals surface area contributed by atoms with Gasteiger partial charge in [-0.3, -0.25) is 0 Å². The van der Waals surface area contributed by atoms with Crippen molar-refractivity contribution in [3.05, 3.63) is 235 Å². The molecule has 0 radical (unpaired) electrons. The molecule has 11 aromatic rings. The molecule has 0 saturated carbocycles. The number of fused-ring (bicyclic) bond motifs is 15. The molecule has 4 heteroatoms. The van der Waals surface area contributed by atoms with Crippen molar-refractivity contribution >= 4 is 21.9 Å². The Bertz CT molecular complexity index is 3540. The summed E-state index contributed by atoms with van der Waals surface area (Å²) < 4.78 is 6.36. The number of hydrogen-bond donors (Lipinski definition) is 0. The number of rotatable bonds is 4.